The van der Waals surface area contributed by atoms with Crippen molar-refractivity contribution in [2.24, 2.45) is 5.10 Å². The number of halogens is 1. The lowest BCUT2D eigenvalue weighted by Gasteiger charge is -2.24. The number of anilines is 1. The average molecular weight is 347 g/mol. The molecule has 3 heteroatoms. The maximum absolute atomic E-state index is 6.07. The first kappa shape index (κ1) is 15.9. The van der Waals surface area contributed by atoms with Crippen LogP contribution >= 0.6 is 11.6 Å². The molecule has 2 nitrogen and oxygen atoms in total. The van der Waals surface area contributed by atoms with Crippen molar-refractivity contribution in [3.8, 4) is 0 Å². The van der Waals surface area contributed by atoms with Crippen LogP contribution in [0.5, 0.6) is 0 Å². The molecule has 0 spiro atoms. The van der Waals surface area contributed by atoms with Crippen molar-refractivity contribution in [2.75, 3.05) is 5.01 Å². The normalized spacial score (nSPS) is 16.8. The van der Waals surface area contributed by atoms with Crippen molar-refractivity contribution in [2.45, 2.75) is 19.4 Å². The van der Waals surface area contributed by atoms with Crippen molar-refractivity contribution >= 4 is 23.0 Å². The molecule has 0 amide bonds. The molecule has 124 valence electrons. The van der Waals surface area contributed by atoms with Crippen LogP contribution in [0.4, 0.5) is 5.69 Å². The number of rotatable bonds is 3. The molecule has 1 aliphatic heterocycles. The number of aryl methyl sites for hydroxylation is 1. The second-order valence-corrected chi connectivity index (χ2v) is 6.80. The van der Waals surface area contributed by atoms with Gasteiger partial charge in [0.15, 0.2) is 0 Å². The molecular formula is C22H19ClN2. The molecule has 0 saturated heterocycles. The van der Waals surface area contributed by atoms with Gasteiger partial charge in [0.1, 0.15) is 0 Å². The Morgan fingerprint density at radius 2 is 1.56 bits per heavy atom. The molecule has 1 atom stereocenters. The summed E-state index contributed by atoms with van der Waals surface area (Å²) in [6, 6.07) is 27.2. The molecule has 0 unspecified atom stereocenters. The van der Waals surface area contributed by atoms with Crippen LogP contribution in [0.3, 0.4) is 0 Å². The summed E-state index contributed by atoms with van der Waals surface area (Å²) in [6.45, 7) is 2.10. The number of hydrogen-bond acceptors (Lipinski definition) is 2. The van der Waals surface area contributed by atoms with Crippen LogP contribution in [0.15, 0.2) is 84.0 Å². The fraction of sp³-hybridized carbons (Fsp3) is 0.136. The lowest BCUT2D eigenvalue weighted by Crippen LogP contribution is -2.18. The topological polar surface area (TPSA) is 15.6 Å². The first-order chi connectivity index (χ1) is 12.2. The Kier molecular flexibility index (Phi) is 4.29. The van der Waals surface area contributed by atoms with Crippen molar-refractivity contribution in [1.29, 1.82) is 0 Å². The van der Waals surface area contributed by atoms with Crippen molar-refractivity contribution in [1.82, 2.24) is 0 Å². The molecule has 4 rings (SSSR count). The quantitative estimate of drug-likeness (QED) is 0.567. The third-order valence-corrected chi connectivity index (χ3v) is 4.82. The van der Waals surface area contributed by atoms with Gasteiger partial charge in [0.25, 0.3) is 0 Å². The van der Waals surface area contributed by atoms with E-state index in [1.165, 1.54) is 16.7 Å². The molecule has 0 radical (unpaired) electrons. The Hall–Kier alpha value is -2.58. The van der Waals surface area contributed by atoms with Crippen LogP contribution in [0.1, 0.15) is 29.2 Å². The van der Waals surface area contributed by atoms with Crippen molar-refractivity contribution in [3.63, 3.8) is 0 Å². The Morgan fingerprint density at radius 3 is 2.24 bits per heavy atom. The SMILES string of the molecule is Cc1ccc(C2=NN(c3ccccc3)[C@H](c3ccc(Cl)cc3)C2)cc1. The summed E-state index contributed by atoms with van der Waals surface area (Å²) in [4.78, 5) is 0. The summed E-state index contributed by atoms with van der Waals surface area (Å²) in [5, 5.41) is 7.84. The van der Waals surface area contributed by atoms with Gasteiger partial charge in [0, 0.05) is 11.4 Å². The smallest absolute Gasteiger partial charge is 0.0831 e. The van der Waals surface area contributed by atoms with E-state index in [0.717, 1.165) is 22.8 Å². The maximum atomic E-state index is 6.07. The van der Waals surface area contributed by atoms with E-state index in [0.29, 0.717) is 0 Å². The average Bonchev–Trinajstić information content (AvgIpc) is 3.09. The zero-order valence-corrected chi connectivity index (χ0v) is 14.8. The van der Waals surface area contributed by atoms with Gasteiger partial charge >= 0.3 is 0 Å². The highest BCUT2D eigenvalue weighted by molar-refractivity contribution is 6.30. The second kappa shape index (κ2) is 6.73. The van der Waals surface area contributed by atoms with Gasteiger partial charge in [-0.25, -0.2) is 0 Å². The monoisotopic (exact) mass is 346 g/mol. The summed E-state index contributed by atoms with van der Waals surface area (Å²) in [5.74, 6) is 0. The number of hydrogen-bond donors (Lipinski definition) is 0. The minimum absolute atomic E-state index is 0.177. The van der Waals surface area contributed by atoms with E-state index in [4.69, 9.17) is 16.7 Å². The predicted molar refractivity (Wildman–Crippen MR) is 105 cm³/mol. The fourth-order valence-corrected chi connectivity index (χ4v) is 3.32. The van der Waals surface area contributed by atoms with E-state index >= 15 is 0 Å². The number of benzene rings is 3. The van der Waals surface area contributed by atoms with Gasteiger partial charge in [-0.05, 0) is 42.3 Å². The maximum Gasteiger partial charge on any atom is 0.0831 e. The summed E-state index contributed by atoms with van der Waals surface area (Å²) in [7, 11) is 0. The molecule has 3 aromatic rings. The third kappa shape index (κ3) is 3.31. The molecule has 0 N–H and O–H groups in total. The van der Waals surface area contributed by atoms with Crippen LogP contribution < -0.4 is 5.01 Å². The van der Waals surface area contributed by atoms with E-state index in [1.54, 1.807) is 0 Å². The van der Waals surface area contributed by atoms with Gasteiger partial charge in [-0.15, -0.1) is 0 Å². The summed E-state index contributed by atoms with van der Waals surface area (Å²) in [6.07, 6.45) is 0.875. The number of hydrazone groups is 1. The van der Waals surface area contributed by atoms with Crippen LogP contribution in [0, 0.1) is 6.92 Å². The Bertz CT molecular complexity index is 884. The van der Waals surface area contributed by atoms with E-state index in [-0.39, 0.29) is 6.04 Å². The molecule has 1 aliphatic rings. The molecule has 0 aromatic heterocycles. The lowest BCUT2D eigenvalue weighted by molar-refractivity contribution is 0.709. The first-order valence-corrected chi connectivity index (χ1v) is 8.83. The minimum atomic E-state index is 0.177. The van der Waals surface area contributed by atoms with Gasteiger partial charge in [0.2, 0.25) is 0 Å². The standard InChI is InChI=1S/C22H19ClN2/c1-16-7-9-17(10-8-16)21-15-22(18-11-13-19(23)14-12-18)25(24-21)20-5-3-2-4-6-20/h2-14,22H,15H2,1H3/t22-/m0/s1. The molecule has 1 heterocycles. The van der Waals surface area contributed by atoms with Crippen molar-refractivity contribution in [3.05, 3.63) is 101 Å². The predicted octanol–water partition coefficient (Wildman–Crippen LogP) is 6.00. The summed E-state index contributed by atoms with van der Waals surface area (Å²) in [5.41, 5.74) is 5.88. The van der Waals surface area contributed by atoms with Crippen molar-refractivity contribution < 1.29 is 0 Å². The molecule has 25 heavy (non-hydrogen) atoms. The van der Waals surface area contributed by atoms with Gasteiger partial charge in [0.05, 0.1) is 17.4 Å². The van der Waals surface area contributed by atoms with Gasteiger partial charge in [-0.3, -0.25) is 5.01 Å². The Balaban J connectivity index is 1.73. The minimum Gasteiger partial charge on any atom is -0.257 e. The molecule has 0 bridgehead atoms. The van der Waals surface area contributed by atoms with Crippen LogP contribution in [0.25, 0.3) is 0 Å². The lowest BCUT2D eigenvalue weighted by atomic mass is 9.98. The Labute approximate surface area is 153 Å². The number of para-hydroxylation sites is 1. The molecule has 0 fully saturated rings. The molecule has 0 saturated carbocycles. The molecule has 0 aliphatic carbocycles. The third-order valence-electron chi connectivity index (χ3n) is 4.57. The van der Waals surface area contributed by atoms with E-state index < -0.39 is 0 Å². The van der Waals surface area contributed by atoms with E-state index in [2.05, 4.69) is 60.5 Å². The van der Waals surface area contributed by atoms with Gasteiger partial charge < -0.3 is 0 Å². The van der Waals surface area contributed by atoms with E-state index in [9.17, 15) is 0 Å². The Morgan fingerprint density at radius 1 is 0.880 bits per heavy atom. The highest BCUT2D eigenvalue weighted by Crippen LogP contribution is 2.36. The summed E-state index contributed by atoms with van der Waals surface area (Å²) < 4.78 is 0. The first-order valence-electron chi connectivity index (χ1n) is 8.45. The largest absolute Gasteiger partial charge is 0.257 e. The zero-order valence-electron chi connectivity index (χ0n) is 14.1. The van der Waals surface area contributed by atoms with Crippen LogP contribution in [0.2, 0.25) is 5.02 Å². The summed E-state index contributed by atoms with van der Waals surface area (Å²) >= 11 is 6.07. The second-order valence-electron chi connectivity index (χ2n) is 6.36. The zero-order chi connectivity index (χ0) is 17.2. The molecular weight excluding hydrogens is 328 g/mol. The highest BCUT2D eigenvalue weighted by Gasteiger charge is 2.29. The van der Waals surface area contributed by atoms with Gasteiger partial charge in [-0.2, -0.15) is 5.10 Å². The van der Waals surface area contributed by atoms with Crippen LogP contribution in [-0.4, -0.2) is 5.71 Å². The number of nitrogens with zero attached hydrogens (tertiary/aromatic N) is 2. The van der Waals surface area contributed by atoms with Crippen LogP contribution in [-0.2, 0) is 0 Å². The van der Waals surface area contributed by atoms with E-state index in [1.807, 2.05) is 30.3 Å². The fourth-order valence-electron chi connectivity index (χ4n) is 3.19. The molecule has 3 aromatic carbocycles. The van der Waals surface area contributed by atoms with Gasteiger partial charge in [-0.1, -0.05) is 71.8 Å². The highest BCUT2D eigenvalue weighted by atomic mass is 35.5.